The molecular weight excluding hydrogens is 338 g/mol. The molecule has 1 amide bonds. The fraction of sp³-hybridized carbons (Fsp3) is 0.222. The van der Waals surface area contributed by atoms with E-state index in [2.05, 4.69) is 17.1 Å². The van der Waals surface area contributed by atoms with Crippen LogP contribution in [0.25, 0.3) is 10.2 Å². The van der Waals surface area contributed by atoms with Gasteiger partial charge in [-0.1, -0.05) is 17.4 Å². The van der Waals surface area contributed by atoms with E-state index in [1.165, 1.54) is 41.2 Å². The topological polar surface area (TPSA) is 77.5 Å². The van der Waals surface area contributed by atoms with Gasteiger partial charge in [0.1, 0.15) is 0 Å². The maximum Gasteiger partial charge on any atom is 0.279 e. The van der Waals surface area contributed by atoms with Crippen LogP contribution in [0.15, 0.2) is 41.4 Å². The van der Waals surface area contributed by atoms with Crippen molar-refractivity contribution in [2.75, 3.05) is 0 Å². The molecule has 0 saturated heterocycles. The van der Waals surface area contributed by atoms with Gasteiger partial charge in [0, 0.05) is 24.2 Å². The number of aromatic nitrogens is 1. The Hall–Kier alpha value is -2.80. The van der Waals surface area contributed by atoms with Gasteiger partial charge in [-0.3, -0.25) is 14.9 Å². The molecule has 6 nitrogen and oxygen atoms in total. The molecule has 128 valence electrons. The number of hydrogen-bond acceptors (Lipinski definition) is 4. The van der Waals surface area contributed by atoms with Gasteiger partial charge in [0.2, 0.25) is 0 Å². The van der Waals surface area contributed by atoms with E-state index >= 15 is 0 Å². The van der Waals surface area contributed by atoms with Gasteiger partial charge in [-0.2, -0.15) is 4.99 Å². The number of fused-ring (bicyclic) bond motifs is 1. The Morgan fingerprint density at radius 3 is 2.52 bits per heavy atom. The van der Waals surface area contributed by atoms with Gasteiger partial charge in [0.15, 0.2) is 4.80 Å². The fourth-order valence-electron chi connectivity index (χ4n) is 2.78. The first-order chi connectivity index (χ1) is 11.9. The Morgan fingerprint density at radius 1 is 1.24 bits per heavy atom. The van der Waals surface area contributed by atoms with Crippen molar-refractivity contribution >= 4 is 33.1 Å². The minimum atomic E-state index is -0.493. The van der Waals surface area contributed by atoms with Crippen LogP contribution in [0.1, 0.15) is 28.4 Å². The second kappa shape index (κ2) is 6.60. The van der Waals surface area contributed by atoms with Gasteiger partial charge in [0.25, 0.3) is 11.6 Å². The third-order valence-corrected chi connectivity index (χ3v) is 5.18. The monoisotopic (exact) mass is 355 g/mol. The second-order valence-electron chi connectivity index (χ2n) is 5.78. The molecule has 0 bridgehead atoms. The summed E-state index contributed by atoms with van der Waals surface area (Å²) in [5, 5.41) is 10.7. The lowest BCUT2D eigenvalue weighted by Gasteiger charge is -2.03. The fourth-order valence-corrected chi connectivity index (χ4v) is 3.92. The zero-order valence-corrected chi connectivity index (χ0v) is 15.0. The number of hydrogen-bond donors (Lipinski definition) is 0. The summed E-state index contributed by atoms with van der Waals surface area (Å²) in [5.41, 5.74) is 3.68. The number of aryl methyl sites for hydroxylation is 3. The highest BCUT2D eigenvalue weighted by molar-refractivity contribution is 7.16. The predicted molar refractivity (Wildman–Crippen MR) is 98.0 cm³/mol. The first-order valence-electron chi connectivity index (χ1n) is 7.84. The number of non-ortho nitro benzene ring substituents is 1. The van der Waals surface area contributed by atoms with E-state index in [9.17, 15) is 14.9 Å². The molecule has 1 heterocycles. The zero-order valence-electron chi connectivity index (χ0n) is 14.1. The van der Waals surface area contributed by atoms with E-state index in [4.69, 9.17) is 0 Å². The normalized spacial score (nSPS) is 11.9. The number of nitrogens with zero attached hydrogens (tertiary/aromatic N) is 3. The summed E-state index contributed by atoms with van der Waals surface area (Å²) in [7, 11) is 0. The molecule has 0 N–H and O–H groups in total. The maximum atomic E-state index is 12.4. The molecule has 0 saturated carbocycles. The predicted octanol–water partition coefficient (Wildman–Crippen LogP) is 3.99. The van der Waals surface area contributed by atoms with Crippen LogP contribution in [0.3, 0.4) is 0 Å². The molecule has 0 aliphatic heterocycles. The lowest BCUT2D eigenvalue weighted by molar-refractivity contribution is -0.384. The van der Waals surface area contributed by atoms with Crippen LogP contribution >= 0.6 is 11.3 Å². The highest BCUT2D eigenvalue weighted by Crippen LogP contribution is 2.23. The van der Waals surface area contributed by atoms with Crippen molar-refractivity contribution in [3.8, 4) is 0 Å². The van der Waals surface area contributed by atoms with E-state index in [0.29, 0.717) is 16.9 Å². The summed E-state index contributed by atoms with van der Waals surface area (Å²) in [6, 6.07) is 9.70. The molecule has 3 aromatic rings. The highest BCUT2D eigenvalue weighted by Gasteiger charge is 2.12. The van der Waals surface area contributed by atoms with Gasteiger partial charge in [0.05, 0.1) is 15.1 Å². The number of carbonyl (C=O) groups excluding carboxylic acids is 1. The van der Waals surface area contributed by atoms with Crippen molar-refractivity contribution in [1.82, 2.24) is 4.57 Å². The van der Waals surface area contributed by atoms with Crippen LogP contribution in [0.2, 0.25) is 0 Å². The molecule has 0 aliphatic rings. The van der Waals surface area contributed by atoms with E-state index in [-0.39, 0.29) is 5.69 Å². The van der Waals surface area contributed by atoms with Gasteiger partial charge in [-0.05, 0) is 50.1 Å². The molecule has 3 rings (SSSR count). The summed E-state index contributed by atoms with van der Waals surface area (Å²) in [6.45, 7) is 6.81. The number of amides is 1. The van der Waals surface area contributed by atoms with Crippen LogP contribution in [0, 0.1) is 24.0 Å². The molecule has 0 radical (unpaired) electrons. The van der Waals surface area contributed by atoms with Crippen molar-refractivity contribution in [1.29, 1.82) is 0 Å². The molecule has 0 spiro atoms. The van der Waals surface area contributed by atoms with Gasteiger partial charge in [-0.25, -0.2) is 0 Å². The van der Waals surface area contributed by atoms with Crippen molar-refractivity contribution in [3.63, 3.8) is 0 Å². The number of thiazole rings is 1. The number of nitro benzene ring substituents is 1. The van der Waals surface area contributed by atoms with E-state index in [1.54, 1.807) is 0 Å². The van der Waals surface area contributed by atoms with Gasteiger partial charge in [-0.15, -0.1) is 0 Å². The van der Waals surface area contributed by atoms with Gasteiger partial charge < -0.3 is 4.57 Å². The summed E-state index contributed by atoms with van der Waals surface area (Å²) >= 11 is 1.48. The van der Waals surface area contributed by atoms with Crippen molar-refractivity contribution < 1.29 is 9.72 Å². The minimum Gasteiger partial charge on any atom is -0.317 e. The smallest absolute Gasteiger partial charge is 0.279 e. The molecule has 2 aromatic carbocycles. The standard InChI is InChI=1S/C18H17N3O3S/c1-4-20-15-10-11(2)9-12(3)16(15)25-18(20)19-17(22)13-5-7-14(8-6-13)21(23)24/h5-10H,4H2,1-3H3. The van der Waals surface area contributed by atoms with Gasteiger partial charge >= 0.3 is 0 Å². The van der Waals surface area contributed by atoms with Crippen LogP contribution < -0.4 is 4.80 Å². The van der Waals surface area contributed by atoms with Crippen LogP contribution in [0.4, 0.5) is 5.69 Å². The third-order valence-electron chi connectivity index (χ3n) is 3.95. The van der Waals surface area contributed by atoms with Crippen LogP contribution in [-0.4, -0.2) is 15.4 Å². The first kappa shape index (κ1) is 17.0. The molecule has 1 aromatic heterocycles. The Morgan fingerprint density at radius 2 is 1.92 bits per heavy atom. The Kier molecular flexibility index (Phi) is 4.50. The number of benzene rings is 2. The summed E-state index contributed by atoms with van der Waals surface area (Å²) in [4.78, 5) is 27.6. The maximum absolute atomic E-state index is 12.4. The molecular formula is C18H17N3O3S. The lowest BCUT2D eigenvalue weighted by Crippen LogP contribution is -2.15. The second-order valence-corrected chi connectivity index (χ2v) is 6.76. The van der Waals surface area contributed by atoms with Crippen LogP contribution in [0.5, 0.6) is 0 Å². The minimum absolute atomic E-state index is 0.0480. The molecule has 0 atom stereocenters. The lowest BCUT2D eigenvalue weighted by atomic mass is 10.1. The molecule has 7 heteroatoms. The average molecular weight is 355 g/mol. The Bertz CT molecular complexity index is 1050. The summed E-state index contributed by atoms with van der Waals surface area (Å²) < 4.78 is 3.13. The summed E-state index contributed by atoms with van der Waals surface area (Å²) in [6.07, 6.45) is 0. The number of carbonyl (C=O) groups is 1. The Balaban J connectivity index is 2.10. The first-order valence-corrected chi connectivity index (χ1v) is 8.66. The molecule has 0 aliphatic carbocycles. The average Bonchev–Trinajstić information content (AvgIpc) is 2.92. The number of nitro groups is 1. The summed E-state index contributed by atoms with van der Waals surface area (Å²) in [5.74, 6) is -0.405. The van der Waals surface area contributed by atoms with E-state index in [1.807, 2.05) is 25.3 Å². The van der Waals surface area contributed by atoms with Crippen molar-refractivity contribution in [3.05, 3.63) is 68.0 Å². The molecule has 0 unspecified atom stereocenters. The van der Waals surface area contributed by atoms with Crippen molar-refractivity contribution in [2.45, 2.75) is 27.3 Å². The third kappa shape index (κ3) is 3.23. The largest absolute Gasteiger partial charge is 0.317 e. The molecule has 0 fully saturated rings. The zero-order chi connectivity index (χ0) is 18.1. The van der Waals surface area contributed by atoms with Crippen molar-refractivity contribution in [2.24, 2.45) is 4.99 Å². The highest BCUT2D eigenvalue weighted by atomic mass is 32.1. The van der Waals surface area contributed by atoms with E-state index < -0.39 is 10.8 Å². The van der Waals surface area contributed by atoms with Crippen LogP contribution in [-0.2, 0) is 6.54 Å². The SMILES string of the molecule is CCn1c(=NC(=O)c2ccc([N+](=O)[O-])cc2)sc2c(C)cc(C)cc21. The molecule has 25 heavy (non-hydrogen) atoms. The Labute approximate surface area is 148 Å². The quantitative estimate of drug-likeness (QED) is 0.526. The number of rotatable bonds is 3. The van der Waals surface area contributed by atoms with E-state index in [0.717, 1.165) is 15.8 Å².